The molecule has 1 amide bonds. The van der Waals surface area contributed by atoms with Gasteiger partial charge in [-0.1, -0.05) is 25.4 Å². The molecule has 0 unspecified atom stereocenters. The molecule has 1 aromatic heterocycles. The smallest absolute Gasteiger partial charge is 0.255 e. The van der Waals surface area contributed by atoms with Gasteiger partial charge in [0, 0.05) is 44.6 Å². The van der Waals surface area contributed by atoms with E-state index in [0.717, 1.165) is 12.8 Å². The molecule has 3 rings (SSSR count). The molecule has 2 aromatic rings. The van der Waals surface area contributed by atoms with Crippen molar-refractivity contribution in [2.24, 2.45) is 0 Å². The summed E-state index contributed by atoms with van der Waals surface area (Å²) in [5, 5.41) is 0.264. The molecule has 0 radical (unpaired) electrons. The van der Waals surface area contributed by atoms with E-state index >= 15 is 0 Å². The van der Waals surface area contributed by atoms with Crippen LogP contribution in [0.5, 0.6) is 0 Å². The molecule has 1 aliphatic heterocycles. The maximum absolute atomic E-state index is 13.0. The van der Waals surface area contributed by atoms with Crippen LogP contribution in [-0.2, 0) is 10.0 Å². The zero-order valence-electron chi connectivity index (χ0n) is 16.1. The molecule has 1 saturated heterocycles. The molecule has 0 N–H and O–H groups in total. The van der Waals surface area contributed by atoms with Gasteiger partial charge in [0.25, 0.3) is 5.91 Å². The minimum Gasteiger partial charge on any atom is -0.338 e. The van der Waals surface area contributed by atoms with Crippen LogP contribution < -0.4 is 0 Å². The normalized spacial score (nSPS) is 15.9. The summed E-state index contributed by atoms with van der Waals surface area (Å²) in [5.41, 5.74) is 0.232. The zero-order valence-corrected chi connectivity index (χ0v) is 17.7. The first kappa shape index (κ1) is 20.8. The Morgan fingerprint density at radius 3 is 2.50 bits per heavy atom. The number of amides is 1. The van der Waals surface area contributed by atoms with Crippen molar-refractivity contribution in [3.8, 4) is 0 Å². The minimum absolute atomic E-state index is 0.0947. The number of likely N-dealkylation sites (tertiary alicyclic amines) is 1. The topological polar surface area (TPSA) is 75.5 Å². The molecular weight excluding hydrogens is 400 g/mol. The Bertz CT molecular complexity index is 919. The van der Waals surface area contributed by atoms with Gasteiger partial charge in [0.2, 0.25) is 10.0 Å². The molecule has 1 aliphatic rings. The number of nitrogens with zero attached hydrogens (tertiary/aromatic N) is 4. The second-order valence-corrected chi connectivity index (χ2v) is 9.11. The molecule has 28 heavy (non-hydrogen) atoms. The third-order valence-corrected chi connectivity index (χ3v) is 7.59. The van der Waals surface area contributed by atoms with Gasteiger partial charge >= 0.3 is 0 Å². The number of benzene rings is 1. The van der Waals surface area contributed by atoms with Crippen molar-refractivity contribution in [2.45, 2.75) is 37.6 Å². The number of rotatable bonds is 6. The lowest BCUT2D eigenvalue weighted by Crippen LogP contribution is -2.39. The van der Waals surface area contributed by atoms with E-state index in [2.05, 4.69) is 9.55 Å². The van der Waals surface area contributed by atoms with Gasteiger partial charge in [0.05, 0.1) is 21.8 Å². The fraction of sp³-hybridized carbons (Fsp3) is 0.474. The lowest BCUT2D eigenvalue weighted by Gasteiger charge is -2.32. The van der Waals surface area contributed by atoms with Gasteiger partial charge in [0.15, 0.2) is 0 Å². The van der Waals surface area contributed by atoms with Gasteiger partial charge in [0.1, 0.15) is 0 Å². The summed E-state index contributed by atoms with van der Waals surface area (Å²) in [6, 6.07) is 4.67. The highest BCUT2D eigenvalue weighted by atomic mass is 35.5. The number of aromatic nitrogens is 2. The van der Waals surface area contributed by atoms with Crippen LogP contribution in [0.4, 0.5) is 0 Å². The summed E-state index contributed by atoms with van der Waals surface area (Å²) in [5.74, 6) is -0.231. The first-order valence-corrected chi connectivity index (χ1v) is 11.3. The van der Waals surface area contributed by atoms with Crippen LogP contribution >= 0.6 is 11.6 Å². The molecule has 152 valence electrons. The number of imidazole rings is 1. The third-order valence-electron chi connectivity index (χ3n) is 5.21. The number of piperidine rings is 1. The molecule has 0 saturated carbocycles. The Labute approximate surface area is 171 Å². The number of halogens is 1. The largest absolute Gasteiger partial charge is 0.338 e. The van der Waals surface area contributed by atoms with Crippen LogP contribution in [0.1, 0.15) is 43.1 Å². The number of sulfonamides is 1. The van der Waals surface area contributed by atoms with Crippen molar-refractivity contribution < 1.29 is 13.2 Å². The molecule has 0 bridgehead atoms. The maximum atomic E-state index is 13.0. The molecule has 0 atom stereocenters. The van der Waals surface area contributed by atoms with Crippen LogP contribution in [0.2, 0.25) is 5.02 Å². The quantitative estimate of drug-likeness (QED) is 0.714. The molecule has 1 fully saturated rings. The van der Waals surface area contributed by atoms with E-state index in [-0.39, 0.29) is 21.4 Å². The van der Waals surface area contributed by atoms with Crippen molar-refractivity contribution in [3.63, 3.8) is 0 Å². The Kier molecular flexibility index (Phi) is 6.42. The summed E-state index contributed by atoms with van der Waals surface area (Å²) in [7, 11) is -3.65. The summed E-state index contributed by atoms with van der Waals surface area (Å²) in [4.78, 5) is 18.9. The van der Waals surface area contributed by atoms with Gasteiger partial charge in [-0.25, -0.2) is 13.4 Å². The standard InChI is InChI=1S/C19H25ClN4O3S/c1-3-24(4-2)28(26,27)16-5-6-18(20)17(13-16)19(25)22-10-7-15(8-11-22)23-12-9-21-14-23/h5-6,9,12-15H,3-4,7-8,10-11H2,1-2H3. The van der Waals surface area contributed by atoms with Crippen LogP contribution in [0.15, 0.2) is 41.8 Å². The fourth-order valence-corrected chi connectivity index (χ4v) is 5.25. The Balaban J connectivity index is 1.79. The Hall–Kier alpha value is -1.90. The number of carbonyl (C=O) groups is 1. The first-order chi connectivity index (χ1) is 13.4. The molecular formula is C19H25ClN4O3S. The lowest BCUT2D eigenvalue weighted by molar-refractivity contribution is 0.0694. The molecule has 0 aliphatic carbocycles. The zero-order chi connectivity index (χ0) is 20.3. The molecule has 1 aromatic carbocycles. The lowest BCUT2D eigenvalue weighted by atomic mass is 10.0. The van der Waals surface area contributed by atoms with E-state index in [1.807, 2.05) is 6.20 Å². The van der Waals surface area contributed by atoms with Gasteiger partial charge in [-0.2, -0.15) is 4.31 Å². The number of hydrogen-bond acceptors (Lipinski definition) is 4. The van der Waals surface area contributed by atoms with Crippen molar-refractivity contribution in [3.05, 3.63) is 47.5 Å². The monoisotopic (exact) mass is 424 g/mol. The summed E-state index contributed by atoms with van der Waals surface area (Å²) in [6.45, 7) is 5.48. The van der Waals surface area contributed by atoms with Gasteiger partial charge in [-0.05, 0) is 31.0 Å². The average Bonchev–Trinajstić information content (AvgIpc) is 3.23. The molecule has 2 heterocycles. The average molecular weight is 425 g/mol. The predicted octanol–water partition coefficient (Wildman–Crippen LogP) is 3.04. The highest BCUT2D eigenvalue weighted by molar-refractivity contribution is 7.89. The summed E-state index contributed by atoms with van der Waals surface area (Å²) in [6.07, 6.45) is 7.11. The summed E-state index contributed by atoms with van der Waals surface area (Å²) >= 11 is 6.25. The van der Waals surface area contributed by atoms with E-state index in [4.69, 9.17) is 11.6 Å². The fourth-order valence-electron chi connectivity index (χ4n) is 3.56. The third kappa shape index (κ3) is 4.09. The van der Waals surface area contributed by atoms with Gasteiger partial charge in [-0.15, -0.1) is 0 Å². The second-order valence-electron chi connectivity index (χ2n) is 6.76. The minimum atomic E-state index is -3.65. The molecule has 0 spiro atoms. The number of carbonyl (C=O) groups excluding carboxylic acids is 1. The van der Waals surface area contributed by atoms with Gasteiger partial charge < -0.3 is 9.47 Å². The van der Waals surface area contributed by atoms with Crippen molar-refractivity contribution in [1.82, 2.24) is 18.8 Å². The van der Waals surface area contributed by atoms with Crippen molar-refractivity contribution >= 4 is 27.5 Å². The predicted molar refractivity (Wildman–Crippen MR) is 108 cm³/mol. The van der Waals surface area contributed by atoms with E-state index < -0.39 is 10.0 Å². The van der Waals surface area contributed by atoms with Crippen LogP contribution in [0.25, 0.3) is 0 Å². The van der Waals surface area contributed by atoms with E-state index in [9.17, 15) is 13.2 Å². The Morgan fingerprint density at radius 1 is 1.25 bits per heavy atom. The van der Waals surface area contributed by atoms with Crippen LogP contribution in [0, 0.1) is 0 Å². The highest BCUT2D eigenvalue weighted by Gasteiger charge is 2.28. The highest BCUT2D eigenvalue weighted by Crippen LogP contribution is 2.27. The van der Waals surface area contributed by atoms with E-state index in [1.165, 1.54) is 22.5 Å². The van der Waals surface area contributed by atoms with Crippen LogP contribution in [-0.4, -0.2) is 59.3 Å². The number of hydrogen-bond donors (Lipinski definition) is 0. The SMILES string of the molecule is CCN(CC)S(=O)(=O)c1ccc(Cl)c(C(=O)N2CCC(n3ccnc3)CC2)c1. The van der Waals surface area contributed by atoms with E-state index in [1.54, 1.807) is 31.3 Å². The Morgan fingerprint density at radius 2 is 1.93 bits per heavy atom. The van der Waals surface area contributed by atoms with Crippen molar-refractivity contribution in [2.75, 3.05) is 26.2 Å². The molecule has 7 nitrogen and oxygen atoms in total. The van der Waals surface area contributed by atoms with Crippen molar-refractivity contribution in [1.29, 1.82) is 0 Å². The molecule has 9 heteroatoms. The van der Waals surface area contributed by atoms with Gasteiger partial charge in [-0.3, -0.25) is 4.79 Å². The first-order valence-electron chi connectivity index (χ1n) is 9.44. The van der Waals surface area contributed by atoms with E-state index in [0.29, 0.717) is 32.2 Å². The maximum Gasteiger partial charge on any atom is 0.255 e. The van der Waals surface area contributed by atoms with Crippen LogP contribution in [0.3, 0.4) is 0 Å². The summed E-state index contributed by atoms with van der Waals surface area (Å²) < 4.78 is 29.0. The second kappa shape index (κ2) is 8.63.